The van der Waals surface area contributed by atoms with Crippen LogP contribution in [0.15, 0.2) is 48.5 Å². The molecule has 154 valence electrons. The van der Waals surface area contributed by atoms with Crippen LogP contribution in [0.4, 0.5) is 5.69 Å². The number of ether oxygens (including phenoxy) is 1. The maximum Gasteiger partial charge on any atom is 0.325 e. The number of carbonyl (C=O) groups is 3. The van der Waals surface area contributed by atoms with Crippen LogP contribution in [0.25, 0.3) is 0 Å². The Morgan fingerprint density at radius 1 is 1.03 bits per heavy atom. The summed E-state index contributed by atoms with van der Waals surface area (Å²) < 4.78 is 5.28. The van der Waals surface area contributed by atoms with Gasteiger partial charge in [-0.1, -0.05) is 17.7 Å². The molecule has 0 saturated heterocycles. The third-order valence-corrected chi connectivity index (χ3v) is 3.89. The molecular formula is C22H27N3O4. The van der Waals surface area contributed by atoms with Crippen molar-refractivity contribution < 1.29 is 19.1 Å². The number of hydrogen-bond donors (Lipinski definition) is 2. The number of likely N-dealkylation sites (N-methyl/N-ethyl adjacent to an activating group) is 1. The lowest BCUT2D eigenvalue weighted by atomic mass is 10.1. The van der Waals surface area contributed by atoms with E-state index in [0.29, 0.717) is 17.0 Å². The first-order valence-electron chi connectivity index (χ1n) is 9.39. The van der Waals surface area contributed by atoms with Gasteiger partial charge >= 0.3 is 5.97 Å². The number of hydrogen-bond acceptors (Lipinski definition) is 5. The van der Waals surface area contributed by atoms with Crippen LogP contribution < -0.4 is 15.4 Å². The van der Waals surface area contributed by atoms with Gasteiger partial charge in [0.25, 0.3) is 5.91 Å². The summed E-state index contributed by atoms with van der Waals surface area (Å²) in [5, 5.41) is 5.57. The molecule has 2 N–H and O–H groups in total. The lowest BCUT2D eigenvalue weighted by molar-refractivity contribution is -0.135. The zero-order chi connectivity index (χ0) is 21.4. The molecule has 29 heavy (non-hydrogen) atoms. The summed E-state index contributed by atoms with van der Waals surface area (Å²) >= 11 is 0. The second-order valence-electron chi connectivity index (χ2n) is 7.22. The van der Waals surface area contributed by atoms with Gasteiger partial charge in [0.05, 0.1) is 13.1 Å². The molecule has 2 amide bonds. The van der Waals surface area contributed by atoms with E-state index in [9.17, 15) is 14.4 Å². The molecule has 0 aliphatic rings. The minimum absolute atomic E-state index is 0.0165. The Bertz CT molecular complexity index is 863. The molecule has 2 rings (SSSR count). The van der Waals surface area contributed by atoms with Gasteiger partial charge in [0.1, 0.15) is 5.75 Å². The van der Waals surface area contributed by atoms with Crippen molar-refractivity contribution in [2.24, 2.45) is 0 Å². The largest absolute Gasteiger partial charge is 0.426 e. The fourth-order valence-electron chi connectivity index (χ4n) is 2.65. The van der Waals surface area contributed by atoms with Gasteiger partial charge in [-0.3, -0.25) is 19.3 Å². The molecule has 0 heterocycles. The fourth-order valence-corrected chi connectivity index (χ4v) is 2.65. The van der Waals surface area contributed by atoms with E-state index in [0.717, 1.165) is 5.56 Å². The topological polar surface area (TPSA) is 87.7 Å². The third-order valence-electron chi connectivity index (χ3n) is 3.89. The Balaban J connectivity index is 1.84. The lowest BCUT2D eigenvalue weighted by Crippen LogP contribution is -2.40. The first kappa shape index (κ1) is 22.1. The van der Waals surface area contributed by atoms with Crippen LogP contribution in [0.3, 0.4) is 0 Å². The number of nitrogens with zero attached hydrogens (tertiary/aromatic N) is 1. The van der Waals surface area contributed by atoms with Crippen LogP contribution in [0.2, 0.25) is 0 Å². The highest BCUT2D eigenvalue weighted by molar-refractivity contribution is 6.04. The second kappa shape index (κ2) is 10.4. The molecule has 0 saturated carbocycles. The highest BCUT2D eigenvalue weighted by Gasteiger charge is 2.13. The van der Waals surface area contributed by atoms with Gasteiger partial charge in [0.15, 0.2) is 0 Å². The van der Waals surface area contributed by atoms with Gasteiger partial charge in [0.2, 0.25) is 5.91 Å². The van der Waals surface area contributed by atoms with E-state index in [1.54, 1.807) is 42.3 Å². The van der Waals surface area contributed by atoms with E-state index in [1.165, 1.54) is 0 Å². The molecule has 0 bridgehead atoms. The Labute approximate surface area is 171 Å². The van der Waals surface area contributed by atoms with Crippen LogP contribution >= 0.6 is 0 Å². The highest BCUT2D eigenvalue weighted by atomic mass is 16.5. The van der Waals surface area contributed by atoms with Crippen molar-refractivity contribution in [3.8, 4) is 5.75 Å². The Kier molecular flexibility index (Phi) is 7.91. The van der Waals surface area contributed by atoms with Gasteiger partial charge in [0, 0.05) is 17.3 Å². The SMILES string of the molecule is Cc1cccc(C(=O)Nc2ccc(OC(=O)CN(C)CC(=O)NC(C)C)cc2)c1. The highest BCUT2D eigenvalue weighted by Crippen LogP contribution is 2.17. The van der Waals surface area contributed by atoms with E-state index >= 15 is 0 Å². The van der Waals surface area contributed by atoms with Crippen LogP contribution in [-0.4, -0.2) is 48.9 Å². The number of carbonyl (C=O) groups excluding carboxylic acids is 3. The van der Waals surface area contributed by atoms with E-state index < -0.39 is 5.97 Å². The molecule has 0 aliphatic heterocycles. The lowest BCUT2D eigenvalue weighted by Gasteiger charge is -2.16. The van der Waals surface area contributed by atoms with Crippen molar-refractivity contribution in [2.45, 2.75) is 26.8 Å². The first-order chi connectivity index (χ1) is 13.7. The van der Waals surface area contributed by atoms with Crippen LogP contribution in [0.5, 0.6) is 5.75 Å². The molecule has 0 aromatic heterocycles. The van der Waals surface area contributed by atoms with Crippen molar-refractivity contribution in [2.75, 3.05) is 25.5 Å². The van der Waals surface area contributed by atoms with Crippen molar-refractivity contribution >= 4 is 23.5 Å². The van der Waals surface area contributed by atoms with Crippen molar-refractivity contribution in [3.63, 3.8) is 0 Å². The van der Waals surface area contributed by atoms with Crippen LogP contribution in [-0.2, 0) is 9.59 Å². The molecule has 2 aromatic rings. The van der Waals surface area contributed by atoms with Gasteiger partial charge < -0.3 is 15.4 Å². The molecule has 0 atom stereocenters. The Morgan fingerprint density at radius 2 is 1.72 bits per heavy atom. The minimum Gasteiger partial charge on any atom is -0.426 e. The summed E-state index contributed by atoms with van der Waals surface area (Å²) in [6.07, 6.45) is 0. The molecule has 0 fully saturated rings. The third kappa shape index (κ3) is 7.75. The molecule has 0 spiro atoms. The van der Waals surface area contributed by atoms with Crippen molar-refractivity contribution in [1.82, 2.24) is 10.2 Å². The van der Waals surface area contributed by atoms with Gasteiger partial charge in [-0.15, -0.1) is 0 Å². The predicted octanol–water partition coefficient (Wildman–Crippen LogP) is 2.61. The number of amides is 2. The number of aryl methyl sites for hydroxylation is 1. The summed E-state index contributed by atoms with van der Waals surface area (Å²) in [7, 11) is 1.67. The summed E-state index contributed by atoms with van der Waals surface area (Å²) in [4.78, 5) is 37.6. The summed E-state index contributed by atoms with van der Waals surface area (Å²) in [5.74, 6) is -0.464. The number of esters is 1. The van der Waals surface area contributed by atoms with Gasteiger partial charge in [-0.25, -0.2) is 0 Å². The van der Waals surface area contributed by atoms with Gasteiger partial charge in [-0.05, 0) is 64.2 Å². The monoisotopic (exact) mass is 397 g/mol. The molecule has 7 heteroatoms. The van der Waals surface area contributed by atoms with E-state index in [1.807, 2.05) is 39.0 Å². The molecule has 7 nitrogen and oxygen atoms in total. The van der Waals surface area contributed by atoms with Crippen molar-refractivity contribution in [3.05, 3.63) is 59.7 Å². The summed E-state index contributed by atoms with van der Waals surface area (Å²) in [6, 6.07) is 13.9. The van der Waals surface area contributed by atoms with E-state index in [4.69, 9.17) is 4.74 Å². The summed E-state index contributed by atoms with van der Waals surface area (Å²) in [6.45, 7) is 5.76. The predicted molar refractivity (Wildman–Crippen MR) is 112 cm³/mol. The fraction of sp³-hybridized carbons (Fsp3) is 0.318. The minimum atomic E-state index is -0.471. The van der Waals surface area contributed by atoms with Crippen LogP contribution in [0.1, 0.15) is 29.8 Å². The smallest absolute Gasteiger partial charge is 0.325 e. The zero-order valence-electron chi connectivity index (χ0n) is 17.2. The average molecular weight is 397 g/mol. The van der Waals surface area contributed by atoms with E-state index in [-0.39, 0.29) is 30.9 Å². The average Bonchev–Trinajstić information content (AvgIpc) is 2.62. The molecule has 2 aromatic carbocycles. The van der Waals surface area contributed by atoms with E-state index in [2.05, 4.69) is 10.6 Å². The molecule has 0 radical (unpaired) electrons. The normalized spacial score (nSPS) is 10.7. The number of rotatable bonds is 8. The number of nitrogens with one attached hydrogen (secondary N) is 2. The maximum absolute atomic E-state index is 12.3. The molecule has 0 unspecified atom stereocenters. The number of anilines is 1. The Morgan fingerprint density at radius 3 is 2.34 bits per heavy atom. The number of benzene rings is 2. The van der Waals surface area contributed by atoms with Crippen LogP contribution in [0, 0.1) is 6.92 Å². The Hall–Kier alpha value is -3.19. The standard InChI is InChI=1S/C22H27N3O4/c1-15(2)23-20(26)13-25(4)14-21(27)29-19-10-8-18(9-11-19)24-22(28)17-7-5-6-16(3)12-17/h5-12,15H,13-14H2,1-4H3,(H,23,26)(H,24,28). The van der Waals surface area contributed by atoms with Crippen molar-refractivity contribution in [1.29, 1.82) is 0 Å². The maximum atomic E-state index is 12.3. The zero-order valence-corrected chi connectivity index (χ0v) is 17.2. The quantitative estimate of drug-likeness (QED) is 0.528. The first-order valence-corrected chi connectivity index (χ1v) is 9.39. The summed E-state index contributed by atoms with van der Waals surface area (Å²) in [5.41, 5.74) is 2.18. The molecule has 0 aliphatic carbocycles. The second-order valence-corrected chi connectivity index (χ2v) is 7.22. The van der Waals surface area contributed by atoms with Gasteiger partial charge in [-0.2, -0.15) is 0 Å². The molecular weight excluding hydrogens is 370 g/mol.